The van der Waals surface area contributed by atoms with E-state index in [9.17, 15) is 0 Å². The number of nitrogens with zero attached hydrogens (tertiary/aromatic N) is 1. The number of piperidine rings is 1. The number of likely N-dealkylation sites (tertiary alicyclic amines) is 1. The van der Waals surface area contributed by atoms with Crippen LogP contribution >= 0.6 is 0 Å². The van der Waals surface area contributed by atoms with Crippen LogP contribution < -0.4 is 9.47 Å². The van der Waals surface area contributed by atoms with Gasteiger partial charge in [-0.1, -0.05) is 35.9 Å². The van der Waals surface area contributed by atoms with Gasteiger partial charge in [-0.3, -0.25) is 4.90 Å². The molecule has 5 heteroatoms. The van der Waals surface area contributed by atoms with E-state index < -0.39 is 0 Å². The normalized spacial score (nSPS) is 38.1. The maximum Gasteiger partial charge on any atom is 0.165 e. The third kappa shape index (κ3) is 2.93. The lowest BCUT2D eigenvalue weighted by molar-refractivity contribution is -0.283. The molecule has 5 fully saturated rings. The summed E-state index contributed by atoms with van der Waals surface area (Å²) in [7, 11) is 3.71. The van der Waals surface area contributed by atoms with Crippen molar-refractivity contribution in [3.05, 3.63) is 58.7 Å². The van der Waals surface area contributed by atoms with Crippen LogP contribution in [0.3, 0.4) is 0 Å². The minimum atomic E-state index is -0.337. The molecule has 7 aliphatic rings. The zero-order valence-electron chi connectivity index (χ0n) is 23.1. The third-order valence-corrected chi connectivity index (χ3v) is 11.7. The molecule has 2 unspecified atom stereocenters. The molecule has 5 aliphatic carbocycles. The van der Waals surface area contributed by atoms with Crippen molar-refractivity contribution in [2.45, 2.75) is 81.6 Å². The summed E-state index contributed by atoms with van der Waals surface area (Å²) in [6.45, 7) is 5.96. The molecule has 6 atom stereocenters. The molecule has 4 saturated carbocycles. The van der Waals surface area contributed by atoms with Gasteiger partial charge in [-0.2, -0.15) is 0 Å². The Morgan fingerprint density at radius 3 is 2.76 bits per heavy atom. The van der Waals surface area contributed by atoms with Crippen LogP contribution in [0.2, 0.25) is 0 Å². The Hall–Kier alpha value is -2.08. The second-order valence-electron chi connectivity index (χ2n) is 13.2. The summed E-state index contributed by atoms with van der Waals surface area (Å²) in [4.78, 5) is 2.90. The fraction of sp³-hybridized carbons (Fsp3) is 0.636. The monoisotopic (exact) mass is 515 g/mol. The molecular formula is C33H41NO4. The Labute approximate surface area is 226 Å². The van der Waals surface area contributed by atoms with Crippen molar-refractivity contribution < 1.29 is 18.9 Å². The minimum absolute atomic E-state index is 0.0104. The summed E-state index contributed by atoms with van der Waals surface area (Å²) < 4.78 is 26.2. The summed E-state index contributed by atoms with van der Waals surface area (Å²) in [6, 6.07) is 13.7. The average Bonchev–Trinajstić information content (AvgIpc) is 3.67. The molecule has 2 heterocycles. The highest BCUT2D eigenvalue weighted by molar-refractivity contribution is 5.63. The van der Waals surface area contributed by atoms with Gasteiger partial charge in [-0.25, -0.2) is 0 Å². The van der Waals surface area contributed by atoms with Crippen LogP contribution in [0, 0.1) is 24.2 Å². The van der Waals surface area contributed by atoms with Crippen molar-refractivity contribution in [2.75, 3.05) is 33.9 Å². The summed E-state index contributed by atoms with van der Waals surface area (Å²) >= 11 is 0. The molecule has 2 aliphatic heterocycles. The van der Waals surface area contributed by atoms with Crippen LogP contribution in [-0.2, 0) is 27.9 Å². The lowest BCUT2D eigenvalue weighted by Crippen LogP contribution is -2.81. The van der Waals surface area contributed by atoms with E-state index >= 15 is 0 Å². The first kappa shape index (κ1) is 23.8. The van der Waals surface area contributed by atoms with Crippen molar-refractivity contribution >= 4 is 0 Å². The Kier molecular flexibility index (Phi) is 5.14. The summed E-state index contributed by atoms with van der Waals surface area (Å²) in [5.41, 5.74) is 5.37. The van der Waals surface area contributed by atoms with Crippen LogP contribution in [0.15, 0.2) is 36.4 Å². The van der Waals surface area contributed by atoms with Crippen molar-refractivity contribution in [3.63, 3.8) is 0 Å². The molecule has 2 aromatic carbocycles. The third-order valence-electron chi connectivity index (χ3n) is 11.7. The van der Waals surface area contributed by atoms with Crippen LogP contribution in [0.5, 0.6) is 11.5 Å². The van der Waals surface area contributed by atoms with Gasteiger partial charge < -0.3 is 18.9 Å². The maximum atomic E-state index is 7.14. The largest absolute Gasteiger partial charge is 0.493 e. The zero-order chi connectivity index (χ0) is 25.7. The number of hydrogen-bond acceptors (Lipinski definition) is 5. The molecule has 1 saturated heterocycles. The van der Waals surface area contributed by atoms with Crippen molar-refractivity contribution in [1.82, 2.24) is 4.90 Å². The molecule has 2 spiro atoms. The molecule has 38 heavy (non-hydrogen) atoms. The Morgan fingerprint density at radius 1 is 1.08 bits per heavy atom. The fourth-order valence-corrected chi connectivity index (χ4v) is 10.0. The van der Waals surface area contributed by atoms with Gasteiger partial charge in [0.15, 0.2) is 11.5 Å². The molecule has 0 N–H and O–H groups in total. The molecule has 0 radical (unpaired) electrons. The number of fused-ring (bicyclic) bond motifs is 2. The van der Waals surface area contributed by atoms with Crippen LogP contribution in [0.25, 0.3) is 0 Å². The van der Waals surface area contributed by atoms with E-state index in [-0.39, 0.29) is 22.5 Å². The number of ether oxygens (including phenoxy) is 4. The van der Waals surface area contributed by atoms with E-state index in [1.807, 2.05) is 7.11 Å². The molecule has 2 aromatic rings. The predicted molar refractivity (Wildman–Crippen MR) is 146 cm³/mol. The van der Waals surface area contributed by atoms with Crippen molar-refractivity contribution in [2.24, 2.45) is 17.3 Å². The molecule has 0 aromatic heterocycles. The number of rotatable bonds is 8. The smallest absolute Gasteiger partial charge is 0.165 e. The number of methoxy groups -OCH3 is 2. The fourth-order valence-electron chi connectivity index (χ4n) is 10.0. The molecular weight excluding hydrogens is 474 g/mol. The number of hydrogen-bond donors (Lipinski definition) is 0. The van der Waals surface area contributed by atoms with E-state index in [0.29, 0.717) is 18.6 Å². The van der Waals surface area contributed by atoms with Gasteiger partial charge in [0.25, 0.3) is 0 Å². The summed E-state index contributed by atoms with van der Waals surface area (Å²) in [5.74, 6) is 3.12. The van der Waals surface area contributed by atoms with Crippen molar-refractivity contribution in [1.29, 1.82) is 0 Å². The molecule has 4 bridgehead atoms. The maximum absolute atomic E-state index is 7.14. The molecule has 9 rings (SSSR count). The van der Waals surface area contributed by atoms with Crippen LogP contribution in [0.1, 0.15) is 60.8 Å². The molecule has 202 valence electrons. The van der Waals surface area contributed by atoms with Gasteiger partial charge in [0.05, 0.1) is 20.3 Å². The van der Waals surface area contributed by atoms with Crippen LogP contribution in [-0.4, -0.2) is 56.6 Å². The lowest BCUT2D eigenvalue weighted by Gasteiger charge is -2.74. The van der Waals surface area contributed by atoms with Gasteiger partial charge in [0.2, 0.25) is 0 Å². The molecule has 0 amide bonds. The SMILES string of the molecule is COc1ccc2c3c1O[C@@H]1C34CCN(CC3CC3)[C@H](C2)C42CC[C@@]1(OC)[C@@H](COCc1cccc(C)c1)C2. The van der Waals surface area contributed by atoms with E-state index in [2.05, 4.69) is 48.2 Å². The van der Waals surface area contributed by atoms with Gasteiger partial charge in [0, 0.05) is 42.0 Å². The minimum Gasteiger partial charge on any atom is -0.493 e. The van der Waals surface area contributed by atoms with E-state index in [0.717, 1.165) is 49.7 Å². The standard InChI is InChI=1S/C33H41NO4/c1-21-5-4-6-23(15-21)19-37-20-25-17-31-11-12-33(25,36-3)30-32(31)13-14-34(18-22-7-8-22)27(31)16-24-9-10-26(35-2)29(38-30)28(24)32/h4-6,9-10,15,22,25,27,30H,7-8,11-14,16-20H2,1-3H3/t25-,27-,30-,31?,32?,33-/m1/s1. The number of benzene rings is 2. The highest BCUT2D eigenvalue weighted by Crippen LogP contribution is 2.76. The van der Waals surface area contributed by atoms with Gasteiger partial charge >= 0.3 is 0 Å². The Balaban J connectivity index is 1.21. The second-order valence-corrected chi connectivity index (χ2v) is 13.2. The summed E-state index contributed by atoms with van der Waals surface area (Å²) in [6.07, 6.45) is 8.57. The molecule has 5 nitrogen and oxygen atoms in total. The highest BCUT2D eigenvalue weighted by atomic mass is 16.6. The van der Waals surface area contributed by atoms with Gasteiger partial charge in [-0.05, 0) is 81.5 Å². The van der Waals surface area contributed by atoms with E-state index in [1.54, 1.807) is 7.11 Å². The van der Waals surface area contributed by atoms with Crippen molar-refractivity contribution in [3.8, 4) is 11.5 Å². The predicted octanol–water partition coefficient (Wildman–Crippen LogP) is 5.44. The van der Waals surface area contributed by atoms with Gasteiger partial charge in [-0.15, -0.1) is 0 Å². The topological polar surface area (TPSA) is 40.2 Å². The van der Waals surface area contributed by atoms with E-state index in [4.69, 9.17) is 18.9 Å². The summed E-state index contributed by atoms with van der Waals surface area (Å²) in [5, 5.41) is 0. The average molecular weight is 516 g/mol. The number of aryl methyl sites for hydroxylation is 1. The Morgan fingerprint density at radius 2 is 1.97 bits per heavy atom. The zero-order valence-corrected chi connectivity index (χ0v) is 23.1. The second kappa shape index (κ2) is 8.22. The highest BCUT2D eigenvalue weighted by Gasteiger charge is 2.80. The van der Waals surface area contributed by atoms with Gasteiger partial charge in [0.1, 0.15) is 11.7 Å². The first-order valence-corrected chi connectivity index (χ1v) is 14.8. The lowest BCUT2D eigenvalue weighted by atomic mass is 9.35. The first-order chi connectivity index (χ1) is 18.5. The van der Waals surface area contributed by atoms with E-state index in [1.165, 1.54) is 54.6 Å². The quantitative estimate of drug-likeness (QED) is 0.468. The van der Waals surface area contributed by atoms with Crippen LogP contribution in [0.4, 0.5) is 0 Å². The Bertz CT molecular complexity index is 1270. The first-order valence-electron chi connectivity index (χ1n) is 14.8.